The van der Waals surface area contributed by atoms with Gasteiger partial charge in [0, 0.05) is 10.9 Å². The Kier molecular flexibility index (Phi) is 3.13. The number of esters is 1. The summed E-state index contributed by atoms with van der Waals surface area (Å²) in [5.41, 5.74) is 3.36. The lowest BCUT2D eigenvalue weighted by molar-refractivity contribution is 0.0601. The minimum absolute atomic E-state index is 0.339. The second kappa shape index (κ2) is 5.09. The molecule has 0 radical (unpaired) electrons. The van der Waals surface area contributed by atoms with Crippen LogP contribution in [-0.2, 0) is 4.74 Å². The van der Waals surface area contributed by atoms with Crippen LogP contribution in [0.15, 0.2) is 54.7 Å². The molecule has 0 atom stereocenters. The van der Waals surface area contributed by atoms with Gasteiger partial charge in [-0.2, -0.15) is 5.10 Å². The number of ether oxygens (including phenoxy) is 1. The summed E-state index contributed by atoms with van der Waals surface area (Å²) in [5, 5.41) is 9.16. The summed E-state index contributed by atoms with van der Waals surface area (Å²) >= 11 is 0. The zero-order valence-electron chi connectivity index (χ0n) is 10.9. The van der Waals surface area contributed by atoms with E-state index in [-0.39, 0.29) is 5.97 Å². The summed E-state index contributed by atoms with van der Waals surface area (Å²) in [5.74, 6) is -0.339. The fourth-order valence-corrected chi connectivity index (χ4v) is 2.15. The summed E-state index contributed by atoms with van der Waals surface area (Å²) in [6.07, 6.45) is 1.67. The van der Waals surface area contributed by atoms with Crippen LogP contribution in [0.1, 0.15) is 10.4 Å². The minimum atomic E-state index is -0.339. The molecule has 2 aromatic carbocycles. The highest BCUT2D eigenvalue weighted by molar-refractivity contribution is 5.94. The van der Waals surface area contributed by atoms with Crippen LogP contribution in [0, 0.1) is 0 Å². The van der Waals surface area contributed by atoms with E-state index < -0.39 is 0 Å². The Hall–Kier alpha value is -2.75. The van der Waals surface area contributed by atoms with Gasteiger partial charge in [0.05, 0.1) is 18.9 Å². The van der Waals surface area contributed by atoms with Crippen LogP contribution in [0.25, 0.3) is 22.0 Å². The Balaban J connectivity index is 2.09. The first kappa shape index (κ1) is 12.3. The summed E-state index contributed by atoms with van der Waals surface area (Å²) in [6.45, 7) is 0. The van der Waals surface area contributed by atoms with Crippen LogP contribution in [0.5, 0.6) is 0 Å². The molecule has 1 aromatic heterocycles. The highest BCUT2D eigenvalue weighted by Crippen LogP contribution is 2.26. The number of fused-ring (bicyclic) bond motifs is 1. The van der Waals surface area contributed by atoms with Crippen molar-refractivity contribution >= 4 is 16.9 Å². The van der Waals surface area contributed by atoms with Gasteiger partial charge in [0.2, 0.25) is 0 Å². The van der Waals surface area contributed by atoms with Gasteiger partial charge in [-0.1, -0.05) is 30.3 Å². The zero-order chi connectivity index (χ0) is 13.9. The maximum atomic E-state index is 11.4. The van der Waals surface area contributed by atoms with Crippen molar-refractivity contribution in [2.75, 3.05) is 7.11 Å². The molecule has 4 nitrogen and oxygen atoms in total. The van der Waals surface area contributed by atoms with Crippen molar-refractivity contribution in [2.45, 2.75) is 0 Å². The summed E-state index contributed by atoms with van der Waals surface area (Å²) in [4.78, 5) is 11.4. The second-order valence-electron chi connectivity index (χ2n) is 4.34. The molecule has 98 valence electrons. The molecule has 0 aliphatic heterocycles. The molecule has 0 unspecified atom stereocenters. The predicted molar refractivity (Wildman–Crippen MR) is 76.3 cm³/mol. The molecule has 0 fully saturated rings. The Morgan fingerprint density at radius 2 is 1.85 bits per heavy atom. The van der Waals surface area contributed by atoms with Crippen LogP contribution in [0.3, 0.4) is 0 Å². The van der Waals surface area contributed by atoms with Crippen LogP contribution < -0.4 is 0 Å². The van der Waals surface area contributed by atoms with Gasteiger partial charge in [-0.05, 0) is 23.8 Å². The highest BCUT2D eigenvalue weighted by Gasteiger charge is 2.08. The van der Waals surface area contributed by atoms with Crippen molar-refractivity contribution in [1.29, 1.82) is 0 Å². The molecule has 0 saturated heterocycles. The Labute approximate surface area is 116 Å². The van der Waals surface area contributed by atoms with E-state index in [1.807, 2.05) is 36.4 Å². The topological polar surface area (TPSA) is 52.1 Å². The second-order valence-corrected chi connectivity index (χ2v) is 4.34. The van der Waals surface area contributed by atoms with Crippen molar-refractivity contribution in [3.8, 4) is 11.1 Å². The van der Waals surface area contributed by atoms with E-state index >= 15 is 0 Å². The van der Waals surface area contributed by atoms with Crippen LogP contribution in [-0.4, -0.2) is 23.3 Å². The van der Waals surface area contributed by atoms with Gasteiger partial charge in [0.1, 0.15) is 5.52 Å². The number of nitrogens with zero attached hydrogens (tertiary/aromatic N) is 2. The molecule has 3 rings (SSSR count). The lowest BCUT2D eigenvalue weighted by Gasteiger charge is -2.06. The molecule has 0 bridgehead atoms. The fourth-order valence-electron chi connectivity index (χ4n) is 2.15. The third-order valence-corrected chi connectivity index (χ3v) is 3.16. The molecule has 0 N–H and O–H groups in total. The van der Waals surface area contributed by atoms with Crippen LogP contribution in [0.4, 0.5) is 0 Å². The normalized spacial score (nSPS) is 10.4. The largest absolute Gasteiger partial charge is 0.465 e. The molecule has 0 aliphatic rings. The number of carbonyl (C=O) groups excluding carboxylic acids is 1. The summed E-state index contributed by atoms with van der Waals surface area (Å²) in [7, 11) is 1.37. The first-order chi connectivity index (χ1) is 9.79. The minimum Gasteiger partial charge on any atom is -0.465 e. The third kappa shape index (κ3) is 2.12. The number of methoxy groups -OCH3 is 1. The average Bonchev–Trinajstić information content (AvgIpc) is 2.54. The fraction of sp³-hybridized carbons (Fsp3) is 0.0625. The Bertz CT molecular complexity index is 762. The average molecular weight is 264 g/mol. The third-order valence-electron chi connectivity index (χ3n) is 3.16. The summed E-state index contributed by atoms with van der Waals surface area (Å²) in [6, 6.07) is 15.2. The van der Waals surface area contributed by atoms with Gasteiger partial charge in [-0.3, -0.25) is 0 Å². The molecule has 3 aromatic rings. The maximum Gasteiger partial charge on any atom is 0.337 e. The Morgan fingerprint density at radius 1 is 1.05 bits per heavy atom. The quantitative estimate of drug-likeness (QED) is 0.667. The number of hydrogen-bond acceptors (Lipinski definition) is 4. The SMILES string of the molecule is COC(=O)c1ccc(-c2cccc3ccnnc23)cc1. The van der Waals surface area contributed by atoms with Gasteiger partial charge in [0.25, 0.3) is 0 Å². The molecular formula is C16H12N2O2. The van der Waals surface area contributed by atoms with Gasteiger partial charge in [0.15, 0.2) is 0 Å². The molecular weight excluding hydrogens is 252 g/mol. The van der Waals surface area contributed by atoms with Gasteiger partial charge in [-0.25, -0.2) is 4.79 Å². The monoisotopic (exact) mass is 264 g/mol. The van der Waals surface area contributed by atoms with Crippen LogP contribution in [0.2, 0.25) is 0 Å². The number of rotatable bonds is 2. The maximum absolute atomic E-state index is 11.4. The van der Waals surface area contributed by atoms with E-state index in [0.717, 1.165) is 22.0 Å². The van der Waals surface area contributed by atoms with E-state index in [9.17, 15) is 4.79 Å². The standard InChI is InChI=1S/C16H12N2O2/c1-20-16(19)13-7-5-11(6-8-13)14-4-2-3-12-9-10-17-18-15(12)14/h2-10H,1H3. The number of carbonyl (C=O) groups is 1. The highest BCUT2D eigenvalue weighted by atomic mass is 16.5. The smallest absolute Gasteiger partial charge is 0.337 e. The predicted octanol–water partition coefficient (Wildman–Crippen LogP) is 3.08. The van der Waals surface area contributed by atoms with Crippen molar-refractivity contribution in [3.63, 3.8) is 0 Å². The molecule has 4 heteroatoms. The first-order valence-corrected chi connectivity index (χ1v) is 6.19. The van der Waals surface area contributed by atoms with Gasteiger partial charge >= 0.3 is 5.97 Å². The number of aromatic nitrogens is 2. The van der Waals surface area contributed by atoms with E-state index in [1.165, 1.54) is 7.11 Å². The molecule has 0 amide bonds. The van der Waals surface area contributed by atoms with Gasteiger partial charge in [-0.15, -0.1) is 5.10 Å². The number of hydrogen-bond donors (Lipinski definition) is 0. The van der Waals surface area contributed by atoms with E-state index in [2.05, 4.69) is 10.2 Å². The molecule has 1 heterocycles. The van der Waals surface area contributed by atoms with Gasteiger partial charge < -0.3 is 4.74 Å². The van der Waals surface area contributed by atoms with E-state index in [0.29, 0.717) is 5.56 Å². The van der Waals surface area contributed by atoms with Crippen molar-refractivity contribution in [1.82, 2.24) is 10.2 Å². The lowest BCUT2D eigenvalue weighted by Crippen LogP contribution is -2.00. The summed E-state index contributed by atoms with van der Waals surface area (Å²) < 4.78 is 4.69. The van der Waals surface area contributed by atoms with Crippen LogP contribution >= 0.6 is 0 Å². The molecule has 0 aliphatic carbocycles. The first-order valence-electron chi connectivity index (χ1n) is 6.19. The van der Waals surface area contributed by atoms with Crippen molar-refractivity contribution in [3.05, 3.63) is 60.3 Å². The van der Waals surface area contributed by atoms with Crippen molar-refractivity contribution < 1.29 is 9.53 Å². The van der Waals surface area contributed by atoms with Crippen molar-refractivity contribution in [2.24, 2.45) is 0 Å². The van der Waals surface area contributed by atoms with E-state index in [4.69, 9.17) is 4.74 Å². The number of benzene rings is 2. The zero-order valence-corrected chi connectivity index (χ0v) is 10.9. The Morgan fingerprint density at radius 3 is 2.60 bits per heavy atom. The molecule has 0 saturated carbocycles. The molecule has 0 spiro atoms. The molecule has 20 heavy (non-hydrogen) atoms. The van der Waals surface area contributed by atoms with E-state index in [1.54, 1.807) is 18.3 Å². The lowest BCUT2D eigenvalue weighted by atomic mass is 10.0.